The summed E-state index contributed by atoms with van der Waals surface area (Å²) in [7, 11) is 0. The first-order chi connectivity index (χ1) is 2.91. The van der Waals surface area contributed by atoms with Gasteiger partial charge in [0.2, 0.25) is 0 Å². The predicted octanol–water partition coefficient (Wildman–Crippen LogP) is 1.03. The normalized spacial score (nSPS) is 9.33. The van der Waals surface area contributed by atoms with Gasteiger partial charge in [-0.15, -0.1) is 6.58 Å². The van der Waals surface area contributed by atoms with Crippen LogP contribution in [0.5, 0.6) is 0 Å². The van der Waals surface area contributed by atoms with Crippen LogP contribution in [0.2, 0.25) is 0 Å². The number of hydrogen-bond acceptors (Lipinski definition) is 1. The van der Waals surface area contributed by atoms with E-state index < -0.39 is 0 Å². The molecule has 0 spiro atoms. The fourth-order valence-electron chi connectivity index (χ4n) is 0.175. The van der Waals surface area contributed by atoms with Gasteiger partial charge in [-0.3, -0.25) is 0 Å². The fourth-order valence-corrected chi connectivity index (χ4v) is 0.175. The third kappa shape index (κ3) is 3.28. The van der Waals surface area contributed by atoms with Crippen LogP contribution in [0.3, 0.4) is 0 Å². The van der Waals surface area contributed by atoms with Crippen LogP contribution in [0.15, 0.2) is 24.9 Å². The molecule has 1 heteroatoms. The first-order valence-electron chi connectivity index (χ1n) is 1.89. The van der Waals surface area contributed by atoms with Crippen molar-refractivity contribution in [3.8, 4) is 0 Å². The van der Waals surface area contributed by atoms with Crippen LogP contribution in [-0.4, -0.2) is 0 Å². The van der Waals surface area contributed by atoms with Gasteiger partial charge in [-0.25, -0.2) is 0 Å². The summed E-state index contributed by atoms with van der Waals surface area (Å²) >= 11 is 0. The van der Waals surface area contributed by atoms with Gasteiger partial charge in [-0.2, -0.15) is 0 Å². The number of rotatable bonds is 2. The molecular formula is C5H9N. The highest BCUT2D eigenvalue weighted by atomic mass is 14.5. The Labute approximate surface area is 38.2 Å². The zero-order chi connectivity index (χ0) is 4.83. The Balaban J connectivity index is 2.85. The third-order valence-electron chi connectivity index (χ3n) is 0.439. The van der Waals surface area contributed by atoms with Gasteiger partial charge < -0.3 is 5.73 Å². The van der Waals surface area contributed by atoms with Crippen LogP contribution in [0.25, 0.3) is 0 Å². The van der Waals surface area contributed by atoms with Crippen molar-refractivity contribution < 1.29 is 0 Å². The lowest BCUT2D eigenvalue weighted by Gasteiger charge is -1.70. The van der Waals surface area contributed by atoms with Crippen molar-refractivity contribution in [1.29, 1.82) is 0 Å². The van der Waals surface area contributed by atoms with E-state index in [9.17, 15) is 0 Å². The molecule has 0 aromatic carbocycles. The zero-order valence-electron chi connectivity index (χ0n) is 3.72. The van der Waals surface area contributed by atoms with Gasteiger partial charge >= 0.3 is 0 Å². The Morgan fingerprint density at radius 1 is 1.67 bits per heavy atom. The molecule has 0 atom stereocenters. The van der Waals surface area contributed by atoms with Crippen LogP contribution in [-0.2, 0) is 0 Å². The summed E-state index contributed by atoms with van der Waals surface area (Å²) in [6.45, 7) is 3.49. The van der Waals surface area contributed by atoms with Crippen LogP contribution < -0.4 is 5.73 Å². The molecule has 0 fully saturated rings. The summed E-state index contributed by atoms with van der Waals surface area (Å²) in [4.78, 5) is 0. The van der Waals surface area contributed by atoms with Crippen molar-refractivity contribution in [2.45, 2.75) is 6.42 Å². The van der Waals surface area contributed by atoms with Gasteiger partial charge in [-0.1, -0.05) is 12.2 Å². The Morgan fingerprint density at radius 2 is 2.33 bits per heavy atom. The van der Waals surface area contributed by atoms with Crippen LogP contribution in [0.4, 0.5) is 0 Å². The summed E-state index contributed by atoms with van der Waals surface area (Å²) < 4.78 is 0. The van der Waals surface area contributed by atoms with E-state index in [4.69, 9.17) is 5.73 Å². The molecule has 6 heavy (non-hydrogen) atoms. The summed E-state index contributed by atoms with van der Waals surface area (Å²) in [5.41, 5.74) is 4.99. The molecular weight excluding hydrogens is 74.1 g/mol. The molecule has 0 aliphatic carbocycles. The quantitative estimate of drug-likeness (QED) is 0.496. The minimum atomic E-state index is 0.872. The van der Waals surface area contributed by atoms with E-state index in [2.05, 4.69) is 6.58 Å². The van der Waals surface area contributed by atoms with Crippen LogP contribution in [0, 0.1) is 0 Å². The molecule has 0 saturated carbocycles. The summed E-state index contributed by atoms with van der Waals surface area (Å²) in [5.74, 6) is 0. The highest BCUT2D eigenvalue weighted by Gasteiger charge is 1.57. The fraction of sp³-hybridized carbons (Fsp3) is 0.200. The average molecular weight is 83.1 g/mol. The highest BCUT2D eigenvalue weighted by molar-refractivity contribution is 4.84. The van der Waals surface area contributed by atoms with E-state index in [1.807, 2.05) is 6.08 Å². The van der Waals surface area contributed by atoms with Crippen LogP contribution >= 0.6 is 0 Å². The third-order valence-corrected chi connectivity index (χ3v) is 0.439. The lowest BCUT2D eigenvalue weighted by molar-refractivity contribution is 1.37. The first kappa shape index (κ1) is 5.28. The maximum Gasteiger partial charge on any atom is -0.00999 e. The SMILES string of the molecule is C=CC/C=C\N. The van der Waals surface area contributed by atoms with E-state index >= 15 is 0 Å². The monoisotopic (exact) mass is 83.1 g/mol. The molecule has 0 rings (SSSR count). The maximum absolute atomic E-state index is 4.99. The molecule has 1 nitrogen and oxygen atoms in total. The van der Waals surface area contributed by atoms with Crippen molar-refractivity contribution in [3.63, 3.8) is 0 Å². The zero-order valence-corrected chi connectivity index (χ0v) is 3.72. The summed E-state index contributed by atoms with van der Waals surface area (Å²) in [5, 5.41) is 0. The molecule has 0 radical (unpaired) electrons. The molecule has 0 unspecified atom stereocenters. The molecule has 0 aromatic heterocycles. The standard InChI is InChI=1S/C5H9N/c1-2-3-4-5-6/h2,4-5H,1,3,6H2/b5-4-. The van der Waals surface area contributed by atoms with Crippen molar-refractivity contribution in [3.05, 3.63) is 24.9 Å². The minimum absolute atomic E-state index is 0.872. The molecule has 0 bridgehead atoms. The van der Waals surface area contributed by atoms with Gasteiger partial charge in [0.05, 0.1) is 0 Å². The average Bonchev–Trinajstić information content (AvgIpc) is 1.61. The molecule has 2 N–H and O–H groups in total. The smallest absolute Gasteiger partial charge is 0.00999 e. The molecule has 0 amide bonds. The molecule has 0 heterocycles. The van der Waals surface area contributed by atoms with Gasteiger partial charge in [0, 0.05) is 0 Å². The van der Waals surface area contributed by atoms with E-state index in [-0.39, 0.29) is 0 Å². The second kappa shape index (κ2) is 4.28. The molecule has 34 valence electrons. The van der Waals surface area contributed by atoms with Gasteiger partial charge in [0.1, 0.15) is 0 Å². The highest BCUT2D eigenvalue weighted by Crippen LogP contribution is 1.76. The number of hydrogen-bond donors (Lipinski definition) is 1. The van der Waals surface area contributed by atoms with E-state index in [1.165, 1.54) is 6.20 Å². The summed E-state index contributed by atoms with van der Waals surface area (Å²) in [6, 6.07) is 0. The van der Waals surface area contributed by atoms with Gasteiger partial charge in [0.15, 0.2) is 0 Å². The molecule has 0 aromatic rings. The van der Waals surface area contributed by atoms with E-state index in [0.717, 1.165) is 6.42 Å². The second-order valence-electron chi connectivity index (χ2n) is 0.953. The Morgan fingerprint density at radius 3 is 2.50 bits per heavy atom. The maximum atomic E-state index is 4.99. The Hall–Kier alpha value is -0.720. The summed E-state index contributed by atoms with van der Waals surface area (Å²) in [6.07, 6.45) is 6.02. The van der Waals surface area contributed by atoms with Gasteiger partial charge in [0.25, 0.3) is 0 Å². The Bertz CT molecular complexity index is 55.0. The molecule has 0 aliphatic heterocycles. The van der Waals surface area contributed by atoms with Crippen molar-refractivity contribution >= 4 is 0 Å². The lowest BCUT2D eigenvalue weighted by atomic mass is 10.4. The van der Waals surface area contributed by atoms with Crippen LogP contribution in [0.1, 0.15) is 6.42 Å². The lowest BCUT2D eigenvalue weighted by Crippen LogP contribution is -1.72. The Kier molecular flexibility index (Phi) is 3.77. The van der Waals surface area contributed by atoms with E-state index in [1.54, 1.807) is 6.08 Å². The van der Waals surface area contributed by atoms with Crippen molar-refractivity contribution in [2.24, 2.45) is 5.73 Å². The number of allylic oxidation sites excluding steroid dienone is 2. The topological polar surface area (TPSA) is 26.0 Å². The predicted molar refractivity (Wildman–Crippen MR) is 28.1 cm³/mol. The van der Waals surface area contributed by atoms with E-state index in [0.29, 0.717) is 0 Å². The largest absolute Gasteiger partial charge is 0.405 e. The first-order valence-corrected chi connectivity index (χ1v) is 1.89. The minimum Gasteiger partial charge on any atom is -0.405 e. The van der Waals surface area contributed by atoms with Gasteiger partial charge in [-0.05, 0) is 12.6 Å². The van der Waals surface area contributed by atoms with Crippen molar-refractivity contribution in [2.75, 3.05) is 0 Å². The number of nitrogens with two attached hydrogens (primary N) is 1. The second-order valence-corrected chi connectivity index (χ2v) is 0.953. The molecule has 0 saturated heterocycles. The van der Waals surface area contributed by atoms with Crippen molar-refractivity contribution in [1.82, 2.24) is 0 Å². The molecule has 0 aliphatic rings.